The first-order chi connectivity index (χ1) is 16.3. The number of nitrogens with zero attached hydrogens (tertiary/aromatic N) is 2. The van der Waals surface area contributed by atoms with E-state index in [1.807, 2.05) is 18.2 Å². The molecule has 0 bridgehead atoms. The number of rotatable bonds is 8. The molecule has 0 aromatic heterocycles. The standard InChI is InChI=1S/C24H27N3O6S/c1-25-24(34)26(12-11-15-5-10-19(31-2)20(13-15)32-3)18-14-21(28)27(22(18)29)17-8-6-16(7-9-17)23(30)33-4/h5-10,13,18H,11-12,14H2,1-4H3,(H,25,34)/t18-/m0/s1. The van der Waals surface area contributed by atoms with Crippen molar-refractivity contribution in [3.8, 4) is 11.5 Å². The Hall–Kier alpha value is -3.66. The number of hydrogen-bond acceptors (Lipinski definition) is 7. The van der Waals surface area contributed by atoms with E-state index in [2.05, 4.69) is 5.32 Å². The average molecular weight is 486 g/mol. The molecule has 1 aliphatic rings. The van der Waals surface area contributed by atoms with Crippen LogP contribution in [0.2, 0.25) is 0 Å². The summed E-state index contributed by atoms with van der Waals surface area (Å²) in [5.41, 5.74) is 1.68. The van der Waals surface area contributed by atoms with Crippen molar-refractivity contribution in [3.05, 3.63) is 53.6 Å². The van der Waals surface area contributed by atoms with E-state index in [-0.39, 0.29) is 18.2 Å². The Morgan fingerprint density at radius 2 is 1.76 bits per heavy atom. The van der Waals surface area contributed by atoms with E-state index in [1.54, 1.807) is 38.3 Å². The predicted molar refractivity (Wildman–Crippen MR) is 130 cm³/mol. The number of imide groups is 1. The lowest BCUT2D eigenvalue weighted by molar-refractivity contribution is -0.122. The molecule has 0 saturated carbocycles. The van der Waals surface area contributed by atoms with Gasteiger partial charge in [0.1, 0.15) is 6.04 Å². The fourth-order valence-electron chi connectivity index (χ4n) is 3.82. The van der Waals surface area contributed by atoms with Crippen LogP contribution in [0.4, 0.5) is 5.69 Å². The number of anilines is 1. The zero-order valence-electron chi connectivity index (χ0n) is 19.5. The molecule has 2 amide bonds. The van der Waals surface area contributed by atoms with Crippen LogP contribution in [0, 0.1) is 0 Å². The van der Waals surface area contributed by atoms with Crippen molar-refractivity contribution in [2.45, 2.75) is 18.9 Å². The van der Waals surface area contributed by atoms with Crippen molar-refractivity contribution in [1.82, 2.24) is 10.2 Å². The Bertz CT molecular complexity index is 1090. The predicted octanol–water partition coefficient (Wildman–Crippen LogP) is 2.17. The Labute approximate surface area is 203 Å². The van der Waals surface area contributed by atoms with Crippen LogP contribution in [0.1, 0.15) is 22.3 Å². The van der Waals surface area contributed by atoms with Crippen molar-refractivity contribution >= 4 is 40.8 Å². The third-order valence-corrected chi connectivity index (χ3v) is 6.05. The van der Waals surface area contributed by atoms with Crippen LogP contribution in [0.5, 0.6) is 11.5 Å². The zero-order chi connectivity index (χ0) is 24.8. The van der Waals surface area contributed by atoms with E-state index < -0.39 is 12.0 Å². The highest BCUT2D eigenvalue weighted by Gasteiger charge is 2.43. The molecule has 10 heteroatoms. The van der Waals surface area contributed by atoms with Gasteiger partial charge in [0.05, 0.1) is 39.0 Å². The summed E-state index contributed by atoms with van der Waals surface area (Å²) in [7, 11) is 6.10. The zero-order valence-corrected chi connectivity index (χ0v) is 20.3. The molecule has 1 aliphatic heterocycles. The van der Waals surface area contributed by atoms with E-state index >= 15 is 0 Å². The van der Waals surface area contributed by atoms with Gasteiger partial charge >= 0.3 is 5.97 Å². The second-order valence-corrected chi connectivity index (χ2v) is 7.90. The SMILES string of the molecule is CNC(=S)N(CCc1ccc(OC)c(OC)c1)[C@H]1CC(=O)N(c2ccc(C(=O)OC)cc2)C1=O. The van der Waals surface area contributed by atoms with Gasteiger partial charge in [-0.1, -0.05) is 6.07 Å². The minimum absolute atomic E-state index is 0.00859. The number of carbonyl (C=O) groups is 3. The van der Waals surface area contributed by atoms with Gasteiger partial charge in [0.15, 0.2) is 16.6 Å². The minimum atomic E-state index is -0.743. The summed E-state index contributed by atoms with van der Waals surface area (Å²) in [6, 6.07) is 11.0. The number of methoxy groups -OCH3 is 3. The molecule has 1 fully saturated rings. The van der Waals surface area contributed by atoms with Crippen LogP contribution in [0.25, 0.3) is 0 Å². The summed E-state index contributed by atoms with van der Waals surface area (Å²) in [6.07, 6.45) is 0.555. The average Bonchev–Trinajstić information content (AvgIpc) is 3.16. The first-order valence-electron chi connectivity index (χ1n) is 10.6. The summed E-state index contributed by atoms with van der Waals surface area (Å²) < 4.78 is 15.3. The van der Waals surface area contributed by atoms with Crippen molar-refractivity contribution in [2.75, 3.05) is 39.8 Å². The molecule has 34 heavy (non-hydrogen) atoms. The fourth-order valence-corrected chi connectivity index (χ4v) is 4.04. The van der Waals surface area contributed by atoms with Crippen LogP contribution in [0.15, 0.2) is 42.5 Å². The molecule has 2 aromatic carbocycles. The molecule has 0 aliphatic carbocycles. The lowest BCUT2D eigenvalue weighted by Crippen LogP contribution is -2.49. The number of nitrogens with one attached hydrogen (secondary N) is 1. The Morgan fingerprint density at radius 3 is 2.35 bits per heavy atom. The summed E-state index contributed by atoms with van der Waals surface area (Å²) in [5, 5.41) is 3.28. The number of hydrogen-bond donors (Lipinski definition) is 1. The highest BCUT2D eigenvalue weighted by atomic mass is 32.1. The lowest BCUT2D eigenvalue weighted by Gasteiger charge is -2.29. The van der Waals surface area contributed by atoms with Crippen molar-refractivity contribution in [3.63, 3.8) is 0 Å². The number of carbonyl (C=O) groups excluding carboxylic acids is 3. The second-order valence-electron chi connectivity index (χ2n) is 7.51. The third kappa shape index (κ3) is 5.12. The summed E-state index contributed by atoms with van der Waals surface area (Å²) >= 11 is 5.46. The smallest absolute Gasteiger partial charge is 0.337 e. The van der Waals surface area contributed by atoms with Crippen LogP contribution in [-0.2, 0) is 20.7 Å². The summed E-state index contributed by atoms with van der Waals surface area (Å²) in [4.78, 5) is 40.6. The Balaban J connectivity index is 1.79. The first kappa shape index (κ1) is 25.0. The molecule has 0 unspecified atom stereocenters. The lowest BCUT2D eigenvalue weighted by atomic mass is 10.1. The number of thiocarbonyl (C=S) groups is 1. The molecule has 1 N–H and O–H groups in total. The van der Waals surface area contributed by atoms with Crippen molar-refractivity contribution in [2.24, 2.45) is 0 Å². The van der Waals surface area contributed by atoms with Gasteiger partial charge in [0, 0.05) is 13.6 Å². The van der Waals surface area contributed by atoms with Gasteiger partial charge < -0.3 is 24.4 Å². The molecule has 1 atom stereocenters. The quantitative estimate of drug-likeness (QED) is 0.343. The number of esters is 1. The van der Waals surface area contributed by atoms with Gasteiger partial charge in [-0.3, -0.25) is 9.59 Å². The van der Waals surface area contributed by atoms with Gasteiger partial charge in [0.25, 0.3) is 5.91 Å². The van der Waals surface area contributed by atoms with E-state index in [0.717, 1.165) is 10.5 Å². The van der Waals surface area contributed by atoms with E-state index in [4.69, 9.17) is 26.4 Å². The number of ether oxygens (including phenoxy) is 3. The van der Waals surface area contributed by atoms with Gasteiger partial charge in [-0.25, -0.2) is 9.69 Å². The maximum absolute atomic E-state index is 13.3. The fraction of sp³-hybridized carbons (Fsp3) is 0.333. The number of benzene rings is 2. The molecule has 9 nitrogen and oxygen atoms in total. The van der Waals surface area contributed by atoms with Crippen LogP contribution in [-0.4, -0.2) is 68.8 Å². The molecule has 3 rings (SSSR count). The van der Waals surface area contributed by atoms with Gasteiger partial charge in [-0.05, 0) is 60.6 Å². The molecule has 0 spiro atoms. The molecule has 1 heterocycles. The highest BCUT2D eigenvalue weighted by Crippen LogP contribution is 2.29. The molecule has 0 radical (unpaired) electrons. The maximum atomic E-state index is 13.3. The maximum Gasteiger partial charge on any atom is 0.337 e. The Kier molecular flexibility index (Phi) is 8.06. The first-order valence-corrected chi connectivity index (χ1v) is 11.0. The molecule has 2 aromatic rings. The summed E-state index contributed by atoms with van der Waals surface area (Å²) in [6.45, 7) is 0.411. The third-order valence-electron chi connectivity index (χ3n) is 5.61. The molecule has 1 saturated heterocycles. The van der Waals surface area contributed by atoms with E-state index in [0.29, 0.717) is 40.8 Å². The second kappa shape index (κ2) is 11.0. The van der Waals surface area contributed by atoms with Crippen LogP contribution < -0.4 is 19.7 Å². The monoisotopic (exact) mass is 485 g/mol. The minimum Gasteiger partial charge on any atom is -0.493 e. The summed E-state index contributed by atoms with van der Waals surface area (Å²) in [5.74, 6) is 0.0245. The topological polar surface area (TPSA) is 97.4 Å². The number of amides is 2. The van der Waals surface area contributed by atoms with Gasteiger partial charge in [-0.2, -0.15) is 0 Å². The highest BCUT2D eigenvalue weighted by molar-refractivity contribution is 7.80. The molecular weight excluding hydrogens is 458 g/mol. The van der Waals surface area contributed by atoms with E-state index in [1.165, 1.54) is 19.2 Å². The largest absolute Gasteiger partial charge is 0.493 e. The van der Waals surface area contributed by atoms with Crippen molar-refractivity contribution < 1.29 is 28.6 Å². The van der Waals surface area contributed by atoms with Gasteiger partial charge in [0.2, 0.25) is 5.91 Å². The molecular formula is C24H27N3O6S. The van der Waals surface area contributed by atoms with Gasteiger partial charge in [-0.15, -0.1) is 0 Å². The van der Waals surface area contributed by atoms with E-state index in [9.17, 15) is 14.4 Å². The Morgan fingerprint density at radius 1 is 1.09 bits per heavy atom. The normalized spacial score (nSPS) is 15.2. The molecule has 180 valence electrons. The van der Waals surface area contributed by atoms with Crippen molar-refractivity contribution in [1.29, 1.82) is 0 Å². The van der Waals surface area contributed by atoms with Crippen LogP contribution >= 0.6 is 12.2 Å². The van der Waals surface area contributed by atoms with Crippen LogP contribution in [0.3, 0.4) is 0 Å².